The van der Waals surface area contributed by atoms with E-state index < -0.39 is 10.0 Å². The van der Waals surface area contributed by atoms with Crippen molar-refractivity contribution in [2.24, 2.45) is 0 Å². The molecule has 0 aromatic heterocycles. The summed E-state index contributed by atoms with van der Waals surface area (Å²) in [5.41, 5.74) is 4.23. The number of nitrogens with zero attached hydrogens (tertiary/aromatic N) is 2. The molecule has 0 saturated carbocycles. The van der Waals surface area contributed by atoms with Gasteiger partial charge in [-0.3, -0.25) is 0 Å². The Labute approximate surface area is 226 Å². The van der Waals surface area contributed by atoms with Gasteiger partial charge < -0.3 is 10.2 Å². The standard InChI is InChI=1S/C32H35N3O2S/c36-38(37,34(24-27-10-4-1-5-11-27)25-28-12-6-2-7-13-28)32-18-16-30(17-19-32)35(31-20-22-33-23-21-31)26-29-14-8-3-9-15-29/h1-19,31,33H,20-26H2. The highest BCUT2D eigenvalue weighted by Gasteiger charge is 2.26. The van der Waals surface area contributed by atoms with Gasteiger partial charge in [0, 0.05) is 31.4 Å². The third kappa shape index (κ3) is 6.51. The first-order valence-electron chi connectivity index (χ1n) is 13.3. The minimum atomic E-state index is -3.72. The van der Waals surface area contributed by atoms with Crippen molar-refractivity contribution in [3.8, 4) is 0 Å². The zero-order valence-electron chi connectivity index (χ0n) is 21.6. The van der Waals surface area contributed by atoms with Crippen molar-refractivity contribution in [3.63, 3.8) is 0 Å². The Morgan fingerprint density at radius 3 is 1.53 bits per heavy atom. The first-order valence-corrected chi connectivity index (χ1v) is 14.7. The van der Waals surface area contributed by atoms with Gasteiger partial charge in [0.1, 0.15) is 0 Å². The van der Waals surface area contributed by atoms with Crippen LogP contribution in [0.5, 0.6) is 0 Å². The fourth-order valence-electron chi connectivity index (χ4n) is 5.09. The van der Waals surface area contributed by atoms with Gasteiger partial charge in [-0.2, -0.15) is 4.31 Å². The first-order chi connectivity index (χ1) is 18.6. The molecule has 1 N–H and O–H groups in total. The molecule has 5 nitrogen and oxygen atoms in total. The van der Waals surface area contributed by atoms with Crippen molar-refractivity contribution in [3.05, 3.63) is 132 Å². The van der Waals surface area contributed by atoms with Crippen molar-refractivity contribution in [2.45, 2.75) is 43.4 Å². The summed E-state index contributed by atoms with van der Waals surface area (Å²) in [6.45, 7) is 3.42. The Hall–Kier alpha value is -3.45. The highest BCUT2D eigenvalue weighted by Crippen LogP contribution is 2.28. The molecule has 0 spiro atoms. The molecule has 6 heteroatoms. The van der Waals surface area contributed by atoms with Crippen LogP contribution in [0.15, 0.2) is 120 Å². The minimum Gasteiger partial charge on any atom is -0.364 e. The van der Waals surface area contributed by atoms with E-state index in [1.807, 2.05) is 78.9 Å². The third-order valence-electron chi connectivity index (χ3n) is 7.15. The maximum Gasteiger partial charge on any atom is 0.243 e. The fraction of sp³-hybridized carbons (Fsp3) is 0.250. The first kappa shape index (κ1) is 26.2. The lowest BCUT2D eigenvalue weighted by Crippen LogP contribution is -2.43. The summed E-state index contributed by atoms with van der Waals surface area (Å²) in [5, 5.41) is 3.45. The topological polar surface area (TPSA) is 52.7 Å². The highest BCUT2D eigenvalue weighted by molar-refractivity contribution is 7.89. The average Bonchev–Trinajstić information content (AvgIpc) is 2.98. The van der Waals surface area contributed by atoms with E-state index in [1.54, 1.807) is 16.4 Å². The second-order valence-corrected chi connectivity index (χ2v) is 11.8. The molecule has 0 radical (unpaired) electrons. The third-order valence-corrected chi connectivity index (χ3v) is 8.96. The van der Waals surface area contributed by atoms with Gasteiger partial charge in [-0.25, -0.2) is 8.42 Å². The van der Waals surface area contributed by atoms with Gasteiger partial charge in [-0.05, 0) is 66.9 Å². The molecule has 38 heavy (non-hydrogen) atoms. The van der Waals surface area contributed by atoms with Gasteiger partial charge >= 0.3 is 0 Å². The molecule has 5 rings (SSSR count). The van der Waals surface area contributed by atoms with Crippen molar-refractivity contribution < 1.29 is 8.42 Å². The molecule has 196 valence electrons. The van der Waals surface area contributed by atoms with Crippen LogP contribution in [0.1, 0.15) is 29.5 Å². The molecule has 4 aromatic carbocycles. The quantitative estimate of drug-likeness (QED) is 0.283. The summed E-state index contributed by atoms with van der Waals surface area (Å²) < 4.78 is 29.4. The molecule has 0 amide bonds. The van der Waals surface area contributed by atoms with Crippen molar-refractivity contribution >= 4 is 15.7 Å². The Bertz CT molecular complexity index is 1330. The van der Waals surface area contributed by atoms with E-state index >= 15 is 0 Å². The number of benzene rings is 4. The van der Waals surface area contributed by atoms with Gasteiger partial charge in [0.05, 0.1) is 4.90 Å². The van der Waals surface area contributed by atoms with Gasteiger partial charge in [-0.1, -0.05) is 91.0 Å². The summed E-state index contributed by atoms with van der Waals surface area (Å²) in [6.07, 6.45) is 2.13. The fourth-order valence-corrected chi connectivity index (χ4v) is 6.50. The van der Waals surface area contributed by atoms with E-state index in [1.165, 1.54) is 5.56 Å². The van der Waals surface area contributed by atoms with Crippen LogP contribution in [0.25, 0.3) is 0 Å². The second kappa shape index (κ2) is 12.4. The SMILES string of the molecule is O=S(=O)(c1ccc(N(Cc2ccccc2)C2CCNCC2)cc1)N(Cc1ccccc1)Cc1ccccc1. The molecule has 0 aliphatic carbocycles. The maximum atomic E-state index is 13.9. The number of hydrogen-bond acceptors (Lipinski definition) is 4. The zero-order chi connectivity index (χ0) is 26.2. The molecule has 0 bridgehead atoms. The van der Waals surface area contributed by atoms with E-state index in [9.17, 15) is 8.42 Å². The molecule has 1 aliphatic rings. The van der Waals surface area contributed by atoms with E-state index in [-0.39, 0.29) is 0 Å². The van der Waals surface area contributed by atoms with Gasteiger partial charge in [0.25, 0.3) is 0 Å². The van der Waals surface area contributed by atoms with Crippen LogP contribution in [0.4, 0.5) is 5.69 Å². The summed E-state index contributed by atoms with van der Waals surface area (Å²) >= 11 is 0. The van der Waals surface area contributed by atoms with Crippen molar-refractivity contribution in [1.82, 2.24) is 9.62 Å². The van der Waals surface area contributed by atoms with Crippen LogP contribution in [0.2, 0.25) is 0 Å². The van der Waals surface area contributed by atoms with E-state index in [0.29, 0.717) is 24.0 Å². The number of rotatable bonds is 10. The van der Waals surface area contributed by atoms with Crippen LogP contribution < -0.4 is 10.2 Å². The summed E-state index contributed by atoms with van der Waals surface area (Å²) in [5.74, 6) is 0. The molecule has 1 aliphatic heterocycles. The molecule has 0 unspecified atom stereocenters. The predicted molar refractivity (Wildman–Crippen MR) is 154 cm³/mol. The zero-order valence-corrected chi connectivity index (χ0v) is 22.4. The van der Waals surface area contributed by atoms with Crippen LogP contribution >= 0.6 is 0 Å². The highest BCUT2D eigenvalue weighted by atomic mass is 32.2. The number of nitrogens with one attached hydrogen (secondary N) is 1. The summed E-state index contributed by atoms with van der Waals surface area (Å²) in [7, 11) is -3.72. The lowest BCUT2D eigenvalue weighted by atomic mass is 10.0. The van der Waals surface area contributed by atoms with Crippen LogP contribution in [-0.4, -0.2) is 31.9 Å². The normalized spacial score (nSPS) is 14.4. The Kier molecular flexibility index (Phi) is 8.54. The molecule has 1 saturated heterocycles. The Morgan fingerprint density at radius 1 is 0.605 bits per heavy atom. The van der Waals surface area contributed by atoms with Crippen LogP contribution in [-0.2, 0) is 29.7 Å². The molecular formula is C32H35N3O2S. The van der Waals surface area contributed by atoms with Crippen LogP contribution in [0, 0.1) is 0 Å². The second-order valence-electron chi connectivity index (χ2n) is 9.83. The van der Waals surface area contributed by atoms with Gasteiger partial charge in [-0.15, -0.1) is 0 Å². The molecule has 4 aromatic rings. The number of hydrogen-bond donors (Lipinski definition) is 1. The molecule has 0 atom stereocenters. The van der Waals surface area contributed by atoms with E-state index in [4.69, 9.17) is 0 Å². The van der Waals surface area contributed by atoms with Gasteiger partial charge in [0.2, 0.25) is 10.0 Å². The van der Waals surface area contributed by atoms with E-state index in [2.05, 4.69) is 34.5 Å². The Balaban J connectivity index is 1.42. The largest absolute Gasteiger partial charge is 0.364 e. The lowest BCUT2D eigenvalue weighted by molar-refractivity contribution is 0.401. The number of piperidine rings is 1. The van der Waals surface area contributed by atoms with Crippen molar-refractivity contribution in [1.29, 1.82) is 0 Å². The monoisotopic (exact) mass is 525 g/mol. The minimum absolute atomic E-state index is 0.315. The van der Waals surface area contributed by atoms with E-state index in [0.717, 1.165) is 49.3 Å². The number of anilines is 1. The summed E-state index contributed by atoms with van der Waals surface area (Å²) in [4.78, 5) is 2.75. The summed E-state index contributed by atoms with van der Waals surface area (Å²) in [6, 6.07) is 37.9. The predicted octanol–water partition coefficient (Wildman–Crippen LogP) is 5.84. The molecule has 1 heterocycles. The lowest BCUT2D eigenvalue weighted by Gasteiger charge is -2.36. The molecular weight excluding hydrogens is 490 g/mol. The Morgan fingerprint density at radius 2 is 1.05 bits per heavy atom. The van der Waals surface area contributed by atoms with Crippen LogP contribution in [0.3, 0.4) is 0 Å². The average molecular weight is 526 g/mol. The van der Waals surface area contributed by atoms with Crippen molar-refractivity contribution in [2.75, 3.05) is 18.0 Å². The number of sulfonamides is 1. The smallest absolute Gasteiger partial charge is 0.243 e. The van der Waals surface area contributed by atoms with Gasteiger partial charge in [0.15, 0.2) is 0 Å². The molecule has 1 fully saturated rings. The maximum absolute atomic E-state index is 13.9.